The fourth-order valence-electron chi connectivity index (χ4n) is 3.34. The summed E-state index contributed by atoms with van der Waals surface area (Å²) in [6.07, 6.45) is 0.351. The number of carbonyl (C=O) groups excluding carboxylic acids is 1. The summed E-state index contributed by atoms with van der Waals surface area (Å²) in [6.45, 7) is 3.10. The van der Waals surface area contributed by atoms with Gasteiger partial charge in [-0.1, -0.05) is 60.7 Å². The average Bonchev–Trinajstić information content (AvgIpc) is 2.74. The molecule has 0 fully saturated rings. The second-order valence-corrected chi connectivity index (χ2v) is 6.93. The number of fused-ring (bicyclic) bond motifs is 1. The molecule has 1 N–H and O–H groups in total. The first-order valence-electron chi connectivity index (χ1n) is 9.52. The van der Waals surface area contributed by atoms with E-state index in [1.807, 2.05) is 55.5 Å². The maximum absolute atomic E-state index is 12.5. The molecule has 0 radical (unpaired) electrons. The first-order chi connectivity index (χ1) is 13.7. The van der Waals surface area contributed by atoms with Crippen molar-refractivity contribution < 1.29 is 14.3 Å². The summed E-state index contributed by atoms with van der Waals surface area (Å²) < 4.78 is 11.2. The highest BCUT2D eigenvalue weighted by Gasteiger charge is 2.16. The molecule has 4 nitrogen and oxygen atoms in total. The molecule has 0 unspecified atom stereocenters. The summed E-state index contributed by atoms with van der Waals surface area (Å²) in [4.78, 5) is 12.5. The Kier molecular flexibility index (Phi) is 5.29. The highest BCUT2D eigenvalue weighted by atomic mass is 16.6. The van der Waals surface area contributed by atoms with Crippen molar-refractivity contribution in [2.75, 3.05) is 13.2 Å². The lowest BCUT2D eigenvalue weighted by Crippen LogP contribution is -2.28. The van der Waals surface area contributed by atoms with Crippen LogP contribution in [0.5, 0.6) is 11.5 Å². The Bertz CT molecular complexity index is 951. The van der Waals surface area contributed by atoms with Crippen LogP contribution < -0.4 is 14.8 Å². The molecule has 0 bridgehead atoms. The molecule has 0 aliphatic carbocycles. The van der Waals surface area contributed by atoms with Gasteiger partial charge in [-0.25, -0.2) is 0 Å². The molecule has 0 spiro atoms. The molecule has 28 heavy (non-hydrogen) atoms. The van der Waals surface area contributed by atoms with Crippen LogP contribution in [0.1, 0.15) is 24.1 Å². The zero-order chi connectivity index (χ0) is 19.3. The number of ether oxygens (including phenoxy) is 2. The second kappa shape index (κ2) is 8.17. The molecule has 0 aromatic heterocycles. The normalized spacial score (nSPS) is 13.6. The second-order valence-electron chi connectivity index (χ2n) is 6.93. The van der Waals surface area contributed by atoms with E-state index in [-0.39, 0.29) is 11.9 Å². The highest BCUT2D eigenvalue weighted by molar-refractivity contribution is 5.79. The van der Waals surface area contributed by atoms with Gasteiger partial charge in [0.15, 0.2) is 11.5 Å². The predicted molar refractivity (Wildman–Crippen MR) is 110 cm³/mol. The molecule has 0 saturated carbocycles. The van der Waals surface area contributed by atoms with E-state index in [9.17, 15) is 4.79 Å². The van der Waals surface area contributed by atoms with E-state index in [1.54, 1.807) is 0 Å². The Morgan fingerprint density at radius 1 is 0.893 bits per heavy atom. The number of benzene rings is 3. The quantitative estimate of drug-likeness (QED) is 0.714. The Morgan fingerprint density at radius 2 is 1.57 bits per heavy atom. The van der Waals surface area contributed by atoms with Crippen molar-refractivity contribution in [3.63, 3.8) is 0 Å². The summed E-state index contributed by atoms with van der Waals surface area (Å²) in [6, 6.07) is 24.0. The van der Waals surface area contributed by atoms with Gasteiger partial charge in [-0.05, 0) is 41.3 Å². The molecule has 0 saturated heterocycles. The largest absolute Gasteiger partial charge is 0.486 e. The van der Waals surface area contributed by atoms with E-state index in [4.69, 9.17) is 9.47 Å². The van der Waals surface area contributed by atoms with Crippen LogP contribution in [0.2, 0.25) is 0 Å². The Labute approximate surface area is 165 Å². The van der Waals surface area contributed by atoms with Crippen molar-refractivity contribution in [3.8, 4) is 22.6 Å². The summed E-state index contributed by atoms with van der Waals surface area (Å²) >= 11 is 0. The van der Waals surface area contributed by atoms with Gasteiger partial charge in [0.05, 0.1) is 12.5 Å². The lowest BCUT2D eigenvalue weighted by molar-refractivity contribution is -0.121. The fraction of sp³-hybridized carbons (Fsp3) is 0.208. The maximum atomic E-state index is 12.5. The number of amides is 1. The van der Waals surface area contributed by atoms with Crippen LogP contribution in [0.25, 0.3) is 11.1 Å². The van der Waals surface area contributed by atoms with Crippen LogP contribution in [0.3, 0.4) is 0 Å². The third-order valence-electron chi connectivity index (χ3n) is 4.87. The minimum atomic E-state index is -0.105. The van der Waals surface area contributed by atoms with Gasteiger partial charge in [-0.3, -0.25) is 4.79 Å². The van der Waals surface area contributed by atoms with E-state index in [2.05, 4.69) is 29.6 Å². The minimum absolute atomic E-state index is 0.00477. The molecule has 1 atom stereocenters. The van der Waals surface area contributed by atoms with Crippen molar-refractivity contribution in [1.82, 2.24) is 5.32 Å². The predicted octanol–water partition coefficient (Wildman–Crippen LogP) is 4.54. The molecular formula is C24H23NO3. The summed E-state index contributed by atoms with van der Waals surface area (Å²) in [5, 5.41) is 3.06. The number of carbonyl (C=O) groups is 1. The molecule has 3 aromatic carbocycles. The monoisotopic (exact) mass is 373 g/mol. The van der Waals surface area contributed by atoms with Gasteiger partial charge < -0.3 is 14.8 Å². The third-order valence-corrected chi connectivity index (χ3v) is 4.87. The van der Waals surface area contributed by atoms with Crippen molar-refractivity contribution in [1.29, 1.82) is 0 Å². The third kappa shape index (κ3) is 4.17. The lowest BCUT2D eigenvalue weighted by atomic mass is 10.0. The molecule has 1 heterocycles. The van der Waals surface area contributed by atoms with Crippen LogP contribution in [-0.4, -0.2) is 19.1 Å². The molecule has 142 valence electrons. The van der Waals surface area contributed by atoms with Crippen molar-refractivity contribution in [2.24, 2.45) is 0 Å². The van der Waals surface area contributed by atoms with E-state index in [1.165, 1.54) is 5.56 Å². The van der Waals surface area contributed by atoms with Crippen molar-refractivity contribution in [2.45, 2.75) is 19.4 Å². The topological polar surface area (TPSA) is 47.6 Å². The van der Waals surface area contributed by atoms with E-state index >= 15 is 0 Å². The number of hydrogen-bond donors (Lipinski definition) is 1. The standard InChI is InChI=1S/C24H23NO3/c1-17(21-11-12-22-23(16-21)28-14-13-27-22)25-24(26)15-18-7-9-20(10-8-18)19-5-3-2-4-6-19/h2-12,16-17H,13-15H2,1H3,(H,25,26)/t17-/m0/s1. The van der Waals surface area contributed by atoms with E-state index in [0.717, 1.165) is 28.2 Å². The van der Waals surface area contributed by atoms with Crippen LogP contribution >= 0.6 is 0 Å². The molecule has 3 aromatic rings. The smallest absolute Gasteiger partial charge is 0.224 e. The van der Waals surface area contributed by atoms with E-state index < -0.39 is 0 Å². The summed E-state index contributed by atoms with van der Waals surface area (Å²) in [7, 11) is 0. The molecule has 1 aliphatic heterocycles. The molecule has 4 heteroatoms. The van der Waals surface area contributed by atoms with Gasteiger partial charge in [-0.2, -0.15) is 0 Å². The molecule has 1 amide bonds. The zero-order valence-electron chi connectivity index (χ0n) is 15.9. The van der Waals surface area contributed by atoms with Crippen molar-refractivity contribution in [3.05, 3.63) is 83.9 Å². The number of hydrogen-bond acceptors (Lipinski definition) is 3. The molecule has 4 rings (SSSR count). The van der Waals surface area contributed by atoms with Gasteiger partial charge in [0.25, 0.3) is 0 Å². The van der Waals surface area contributed by atoms with Gasteiger partial charge >= 0.3 is 0 Å². The Hall–Kier alpha value is -3.27. The minimum Gasteiger partial charge on any atom is -0.486 e. The van der Waals surface area contributed by atoms with Crippen LogP contribution in [-0.2, 0) is 11.2 Å². The lowest BCUT2D eigenvalue weighted by Gasteiger charge is -2.21. The van der Waals surface area contributed by atoms with Gasteiger partial charge in [0.1, 0.15) is 13.2 Å². The van der Waals surface area contributed by atoms with Crippen molar-refractivity contribution >= 4 is 5.91 Å². The maximum Gasteiger partial charge on any atom is 0.224 e. The first-order valence-corrected chi connectivity index (χ1v) is 9.52. The SMILES string of the molecule is C[C@H](NC(=O)Cc1ccc(-c2ccccc2)cc1)c1ccc2c(c1)OCCO2. The summed E-state index contributed by atoms with van der Waals surface area (Å²) in [5.74, 6) is 1.49. The molecule has 1 aliphatic rings. The molecular weight excluding hydrogens is 350 g/mol. The number of nitrogens with one attached hydrogen (secondary N) is 1. The first kappa shape index (κ1) is 18.1. The van der Waals surface area contributed by atoms with Crippen LogP contribution in [0, 0.1) is 0 Å². The summed E-state index contributed by atoms with van der Waals surface area (Å²) in [5.41, 5.74) is 4.31. The van der Waals surface area contributed by atoms with Gasteiger partial charge in [0, 0.05) is 0 Å². The highest BCUT2D eigenvalue weighted by Crippen LogP contribution is 2.32. The fourth-order valence-corrected chi connectivity index (χ4v) is 3.34. The van der Waals surface area contributed by atoms with E-state index in [0.29, 0.717) is 19.6 Å². The zero-order valence-corrected chi connectivity index (χ0v) is 15.9. The number of rotatable bonds is 5. The Morgan fingerprint density at radius 3 is 2.32 bits per heavy atom. The van der Waals surface area contributed by atoms with Crippen LogP contribution in [0.15, 0.2) is 72.8 Å². The Balaban J connectivity index is 1.37. The van der Waals surface area contributed by atoms with Gasteiger partial charge in [-0.15, -0.1) is 0 Å². The average molecular weight is 373 g/mol. The van der Waals surface area contributed by atoms with Gasteiger partial charge in [0.2, 0.25) is 5.91 Å². The van der Waals surface area contributed by atoms with Crippen LogP contribution in [0.4, 0.5) is 0 Å².